The molecule has 1 N–H and O–H groups in total. The van der Waals surface area contributed by atoms with Crippen LogP contribution in [-0.4, -0.2) is 46.7 Å². The fraction of sp³-hybridized carbons (Fsp3) is 0.227. The summed E-state index contributed by atoms with van der Waals surface area (Å²) < 4.78 is 1.78. The molecule has 29 heavy (non-hydrogen) atoms. The van der Waals surface area contributed by atoms with Crippen molar-refractivity contribution in [3.05, 3.63) is 83.0 Å². The van der Waals surface area contributed by atoms with Gasteiger partial charge in [0.2, 0.25) is 0 Å². The second kappa shape index (κ2) is 11.8. The number of hydrogen-bond acceptors (Lipinski definition) is 4. The van der Waals surface area contributed by atoms with E-state index in [-0.39, 0.29) is 33.4 Å². The number of nitrogens with zero attached hydrogens (tertiary/aromatic N) is 3. The summed E-state index contributed by atoms with van der Waals surface area (Å²) in [6.07, 6.45) is 5.94. The minimum atomic E-state index is -0.211. The van der Waals surface area contributed by atoms with E-state index in [1.807, 2.05) is 62.4 Å². The van der Waals surface area contributed by atoms with E-state index in [0.717, 1.165) is 28.9 Å². The van der Waals surface area contributed by atoms with E-state index < -0.39 is 0 Å². The van der Waals surface area contributed by atoms with Crippen LogP contribution in [0.2, 0.25) is 5.02 Å². The van der Waals surface area contributed by atoms with Gasteiger partial charge in [0.1, 0.15) is 0 Å². The van der Waals surface area contributed by atoms with E-state index in [9.17, 15) is 9.90 Å². The molecule has 0 atom stereocenters. The molecule has 1 radical (unpaired) electrons. The first-order valence-corrected chi connectivity index (χ1v) is 9.17. The van der Waals surface area contributed by atoms with Gasteiger partial charge in [-0.2, -0.15) is 11.2 Å². The summed E-state index contributed by atoms with van der Waals surface area (Å²) in [6, 6.07) is 11.5. The molecule has 2 aromatic carbocycles. The molecule has 0 unspecified atom stereocenters. The van der Waals surface area contributed by atoms with Gasteiger partial charge in [-0.25, -0.2) is 4.68 Å². The van der Waals surface area contributed by atoms with Gasteiger partial charge in [0.25, 0.3) is 0 Å². The number of aromatic nitrogens is 2. The van der Waals surface area contributed by atoms with Gasteiger partial charge in [-0.05, 0) is 56.8 Å². The molecule has 0 amide bonds. The van der Waals surface area contributed by atoms with E-state index in [2.05, 4.69) is 12.0 Å². The smallest absolute Gasteiger partial charge is 0.564 e. The van der Waals surface area contributed by atoms with Crippen LogP contribution in [-0.2, 0) is 28.3 Å². The molecule has 1 heterocycles. The van der Waals surface area contributed by atoms with Gasteiger partial charge in [0.15, 0.2) is 0 Å². The summed E-state index contributed by atoms with van der Waals surface area (Å²) >= 11 is 6.09. The van der Waals surface area contributed by atoms with E-state index in [1.165, 1.54) is 0 Å². The van der Waals surface area contributed by atoms with Crippen LogP contribution in [0.25, 0.3) is 5.69 Å². The van der Waals surface area contributed by atoms with E-state index >= 15 is 0 Å². The van der Waals surface area contributed by atoms with Crippen molar-refractivity contribution in [2.45, 2.75) is 13.3 Å². The van der Waals surface area contributed by atoms with Gasteiger partial charge in [0, 0.05) is 23.2 Å². The fourth-order valence-electron chi connectivity index (χ4n) is 2.46. The normalized spacial score (nSPS) is 10.1. The van der Waals surface area contributed by atoms with Crippen LogP contribution in [0, 0.1) is 13.8 Å². The van der Waals surface area contributed by atoms with Crippen LogP contribution in [0.5, 0.6) is 5.75 Å². The minimum Gasteiger partial charge on any atom is -0.564 e. The number of hydrogen-bond donors (Lipinski definition) is 1. The predicted molar refractivity (Wildman–Crippen MR) is 113 cm³/mol. The Hall–Kier alpha value is -2.11. The summed E-state index contributed by atoms with van der Waals surface area (Å²) in [6.45, 7) is 6.32. The monoisotopic (exact) mass is 452 g/mol. The fourth-order valence-corrected chi connectivity index (χ4v) is 2.68. The molecule has 3 aromatic rings. The Balaban J connectivity index is 0.000000628. The Kier molecular flexibility index (Phi) is 10.1. The third-order valence-corrected chi connectivity index (χ3v) is 4.71. The number of halogens is 1. The Morgan fingerprint density at radius 1 is 1.28 bits per heavy atom. The minimum absolute atomic E-state index is 0. The number of benzene rings is 2. The van der Waals surface area contributed by atoms with E-state index in [4.69, 9.17) is 11.6 Å². The zero-order valence-electron chi connectivity index (χ0n) is 16.7. The Labute approximate surface area is 187 Å². The summed E-state index contributed by atoms with van der Waals surface area (Å²) in [7, 11) is 3.99. The molecule has 0 aliphatic carbocycles. The van der Waals surface area contributed by atoms with Gasteiger partial charge in [-0.3, -0.25) is 0 Å². The van der Waals surface area contributed by atoms with Gasteiger partial charge in [-0.15, -0.1) is 12.1 Å². The number of carbonyl (C=O) groups excluding carboxylic acids is 1. The molecule has 3 rings (SSSR count). The Bertz CT molecular complexity index is 911. The summed E-state index contributed by atoms with van der Waals surface area (Å²) in [5.74, 6) is -0.211. The van der Waals surface area contributed by atoms with Crippen molar-refractivity contribution in [1.82, 2.24) is 14.7 Å². The molecular weight excluding hydrogens is 429 g/mol. The SMILES string of the molecule is Cc1c(Cc2ccc(-n3cccn3)cc2)cc([C-]=O)c(O)c1Cl.[CH2-]CN(C)C.[Mn+2]. The molecule has 0 saturated carbocycles. The Morgan fingerprint density at radius 2 is 1.90 bits per heavy atom. The predicted octanol–water partition coefficient (Wildman–Crippen LogP) is 3.97. The zero-order valence-corrected chi connectivity index (χ0v) is 18.6. The molecule has 0 fully saturated rings. The van der Waals surface area contributed by atoms with Gasteiger partial charge >= 0.3 is 17.1 Å². The first-order valence-electron chi connectivity index (χ1n) is 8.79. The molecule has 0 aliphatic heterocycles. The van der Waals surface area contributed by atoms with Crippen molar-refractivity contribution in [1.29, 1.82) is 0 Å². The average molecular weight is 453 g/mol. The third-order valence-electron chi connectivity index (χ3n) is 4.25. The van der Waals surface area contributed by atoms with Gasteiger partial charge in [0.05, 0.1) is 12.0 Å². The topological polar surface area (TPSA) is 58.4 Å². The number of aromatic hydroxyl groups is 1. The van der Waals surface area contributed by atoms with Crippen molar-refractivity contribution >= 4 is 17.9 Å². The molecule has 0 saturated heterocycles. The van der Waals surface area contributed by atoms with E-state index in [1.54, 1.807) is 23.2 Å². The second-order valence-corrected chi connectivity index (χ2v) is 6.95. The quantitative estimate of drug-likeness (QED) is 0.470. The molecule has 0 aliphatic rings. The molecule has 153 valence electrons. The standard InChI is InChI=1S/C18H14ClN2O2.C4H10N.Mn/c1-12-14(10-15(11-22)18(23)17(12)19)9-13-3-5-16(6-4-13)21-8-2-7-20-21;1-4-5(2)3;/h2-8,10,23H,9H2,1H3;1,4H2,2-3H3;/q2*-1;+2. The van der Waals surface area contributed by atoms with Crippen LogP contribution >= 0.6 is 11.6 Å². The van der Waals surface area contributed by atoms with Crippen LogP contribution in [0.1, 0.15) is 22.3 Å². The zero-order chi connectivity index (χ0) is 20.7. The third kappa shape index (κ3) is 6.72. The Morgan fingerprint density at radius 3 is 2.38 bits per heavy atom. The molecule has 1 aromatic heterocycles. The van der Waals surface area contributed by atoms with Crippen LogP contribution in [0.4, 0.5) is 0 Å². The number of rotatable bonds is 5. The molecule has 0 bridgehead atoms. The summed E-state index contributed by atoms with van der Waals surface area (Å²) in [5, 5.41) is 14.2. The average Bonchev–Trinajstić information content (AvgIpc) is 3.24. The molecule has 7 heteroatoms. The summed E-state index contributed by atoms with van der Waals surface area (Å²) in [5.41, 5.74) is 3.78. The van der Waals surface area contributed by atoms with Crippen molar-refractivity contribution < 1.29 is 27.0 Å². The number of phenolic OH excluding ortho intramolecular Hbond substituents is 1. The molecular formula is C22H24ClMnN3O2. The van der Waals surface area contributed by atoms with Crippen molar-refractivity contribution in [2.24, 2.45) is 0 Å². The van der Waals surface area contributed by atoms with Crippen molar-refractivity contribution in [3.63, 3.8) is 0 Å². The largest absolute Gasteiger partial charge is 2.00 e. The van der Waals surface area contributed by atoms with Crippen molar-refractivity contribution in [2.75, 3.05) is 20.6 Å². The van der Waals surface area contributed by atoms with Gasteiger partial charge < -0.3 is 21.7 Å². The first kappa shape index (κ1) is 24.9. The van der Waals surface area contributed by atoms with Crippen LogP contribution < -0.4 is 0 Å². The second-order valence-electron chi connectivity index (χ2n) is 6.57. The van der Waals surface area contributed by atoms with E-state index in [0.29, 0.717) is 6.42 Å². The number of phenols is 1. The maximum atomic E-state index is 10.9. The first-order chi connectivity index (χ1) is 13.4. The maximum Gasteiger partial charge on any atom is 2.00 e. The molecule has 0 spiro atoms. The van der Waals surface area contributed by atoms with Crippen molar-refractivity contribution in [3.8, 4) is 11.4 Å². The maximum absolute atomic E-state index is 10.9. The summed E-state index contributed by atoms with van der Waals surface area (Å²) in [4.78, 5) is 12.9. The van der Waals surface area contributed by atoms with Gasteiger partial charge in [-0.1, -0.05) is 29.3 Å². The van der Waals surface area contributed by atoms with Crippen LogP contribution in [0.3, 0.4) is 0 Å². The molecule has 5 nitrogen and oxygen atoms in total. The van der Waals surface area contributed by atoms with Crippen LogP contribution in [0.15, 0.2) is 48.8 Å².